The molecule has 4 heteroatoms. The molecule has 0 aliphatic carbocycles. The average molecular weight is 285 g/mol. The van der Waals surface area contributed by atoms with Gasteiger partial charge in [-0.1, -0.05) is 29.8 Å². The van der Waals surface area contributed by atoms with E-state index in [4.69, 9.17) is 5.73 Å². The number of hydrogen-bond donors (Lipinski definition) is 2. The number of nitrogen functional groups attached to an aromatic ring is 1. The summed E-state index contributed by atoms with van der Waals surface area (Å²) in [4.78, 5) is 11.9. The van der Waals surface area contributed by atoms with Crippen molar-refractivity contribution in [2.45, 2.75) is 20.8 Å². The van der Waals surface area contributed by atoms with Crippen molar-refractivity contribution in [1.82, 2.24) is 5.32 Å². The molecule has 3 N–H and O–H groups in total. The molecule has 1 aromatic rings. The molecule has 0 spiro atoms. The molecule has 0 heterocycles. The predicted molar refractivity (Wildman–Crippen MR) is 70.5 cm³/mol. The molecular weight excluding hydrogens is 268 g/mol. The Balaban J connectivity index is 2.91. The second-order valence-electron chi connectivity index (χ2n) is 4.27. The Kier molecular flexibility index (Phi) is 4.35. The molecule has 1 amide bonds. The molecule has 1 aromatic carbocycles. The van der Waals surface area contributed by atoms with Crippen LogP contribution in [0.4, 0.5) is 5.69 Å². The highest BCUT2D eigenvalue weighted by atomic mass is 79.9. The van der Waals surface area contributed by atoms with Gasteiger partial charge in [0.1, 0.15) is 0 Å². The minimum absolute atomic E-state index is 0.0702. The van der Waals surface area contributed by atoms with Gasteiger partial charge < -0.3 is 11.1 Å². The molecule has 0 aliphatic rings. The summed E-state index contributed by atoms with van der Waals surface area (Å²) in [6.45, 7) is 6.64. The van der Waals surface area contributed by atoms with E-state index in [2.05, 4.69) is 35.1 Å². The highest BCUT2D eigenvalue weighted by Crippen LogP contribution is 2.22. The van der Waals surface area contributed by atoms with Crippen LogP contribution in [-0.2, 0) is 0 Å². The van der Waals surface area contributed by atoms with E-state index in [1.807, 2.05) is 6.92 Å². The monoisotopic (exact) mass is 284 g/mol. The zero-order chi connectivity index (χ0) is 12.3. The van der Waals surface area contributed by atoms with E-state index in [9.17, 15) is 4.79 Å². The Labute approximate surface area is 105 Å². The third kappa shape index (κ3) is 3.23. The number of amides is 1. The highest BCUT2D eigenvalue weighted by molar-refractivity contribution is 9.10. The van der Waals surface area contributed by atoms with Gasteiger partial charge >= 0.3 is 0 Å². The van der Waals surface area contributed by atoms with Crippen molar-refractivity contribution in [3.63, 3.8) is 0 Å². The maximum absolute atomic E-state index is 11.9. The number of halogens is 1. The van der Waals surface area contributed by atoms with Crippen LogP contribution in [0.3, 0.4) is 0 Å². The zero-order valence-corrected chi connectivity index (χ0v) is 11.4. The van der Waals surface area contributed by atoms with Crippen molar-refractivity contribution < 1.29 is 4.79 Å². The fourth-order valence-corrected chi connectivity index (χ4v) is 1.80. The number of rotatable bonds is 3. The first-order valence-electron chi connectivity index (χ1n) is 5.25. The minimum atomic E-state index is -0.0702. The third-order valence-corrected chi connectivity index (χ3v) is 2.79. The minimum Gasteiger partial charge on any atom is -0.398 e. The van der Waals surface area contributed by atoms with Crippen LogP contribution in [-0.4, -0.2) is 12.5 Å². The van der Waals surface area contributed by atoms with E-state index >= 15 is 0 Å². The SMILES string of the molecule is Cc1c(N)cc(Br)cc1C(=O)NCC(C)C. The van der Waals surface area contributed by atoms with E-state index in [-0.39, 0.29) is 5.91 Å². The van der Waals surface area contributed by atoms with E-state index < -0.39 is 0 Å². The summed E-state index contributed by atoms with van der Waals surface area (Å²) in [5.41, 5.74) is 7.89. The van der Waals surface area contributed by atoms with Crippen molar-refractivity contribution >= 4 is 27.5 Å². The number of nitrogens with one attached hydrogen (secondary N) is 1. The third-order valence-electron chi connectivity index (χ3n) is 2.33. The van der Waals surface area contributed by atoms with Crippen LogP contribution in [0.2, 0.25) is 0 Å². The summed E-state index contributed by atoms with van der Waals surface area (Å²) in [6, 6.07) is 3.59. The van der Waals surface area contributed by atoms with Crippen LogP contribution < -0.4 is 11.1 Å². The van der Waals surface area contributed by atoms with Crippen molar-refractivity contribution in [2.24, 2.45) is 5.92 Å². The van der Waals surface area contributed by atoms with Crippen LogP contribution in [0.1, 0.15) is 29.8 Å². The summed E-state index contributed by atoms with van der Waals surface area (Å²) in [6.07, 6.45) is 0. The fraction of sp³-hybridized carbons (Fsp3) is 0.417. The number of anilines is 1. The van der Waals surface area contributed by atoms with Crippen molar-refractivity contribution in [3.05, 3.63) is 27.7 Å². The number of benzene rings is 1. The highest BCUT2D eigenvalue weighted by Gasteiger charge is 2.12. The molecule has 0 aliphatic heterocycles. The lowest BCUT2D eigenvalue weighted by Gasteiger charge is -2.11. The quantitative estimate of drug-likeness (QED) is 0.839. The normalized spacial score (nSPS) is 10.6. The van der Waals surface area contributed by atoms with Gasteiger partial charge in [-0.05, 0) is 30.5 Å². The molecule has 0 aromatic heterocycles. The van der Waals surface area contributed by atoms with Gasteiger partial charge in [0.25, 0.3) is 5.91 Å². The molecule has 0 atom stereocenters. The predicted octanol–water partition coefficient (Wildman–Crippen LogP) is 2.73. The number of hydrogen-bond acceptors (Lipinski definition) is 2. The van der Waals surface area contributed by atoms with Crippen molar-refractivity contribution in [1.29, 1.82) is 0 Å². The van der Waals surface area contributed by atoms with Crippen LogP contribution in [0.25, 0.3) is 0 Å². The topological polar surface area (TPSA) is 55.1 Å². The molecule has 3 nitrogen and oxygen atoms in total. The molecule has 1 rings (SSSR count). The summed E-state index contributed by atoms with van der Waals surface area (Å²) in [5.74, 6) is 0.368. The lowest BCUT2D eigenvalue weighted by Crippen LogP contribution is -2.28. The van der Waals surface area contributed by atoms with E-state index in [1.165, 1.54) is 0 Å². The lowest BCUT2D eigenvalue weighted by atomic mass is 10.1. The summed E-state index contributed by atoms with van der Waals surface area (Å²) in [5, 5.41) is 2.88. The van der Waals surface area contributed by atoms with Gasteiger partial charge in [0.05, 0.1) is 0 Å². The number of carbonyl (C=O) groups excluding carboxylic acids is 1. The van der Waals surface area contributed by atoms with Gasteiger partial charge in [-0.3, -0.25) is 4.79 Å². The van der Waals surface area contributed by atoms with E-state index in [0.29, 0.717) is 23.7 Å². The first-order valence-corrected chi connectivity index (χ1v) is 6.05. The second kappa shape index (κ2) is 5.34. The van der Waals surface area contributed by atoms with Gasteiger partial charge in [0, 0.05) is 22.3 Å². The van der Waals surface area contributed by atoms with Crippen molar-refractivity contribution in [3.8, 4) is 0 Å². The molecule has 0 bridgehead atoms. The Hall–Kier alpha value is -1.03. The maximum Gasteiger partial charge on any atom is 0.251 e. The molecule has 0 fully saturated rings. The Morgan fingerprint density at radius 3 is 2.69 bits per heavy atom. The average Bonchev–Trinajstić information content (AvgIpc) is 2.19. The first kappa shape index (κ1) is 13.0. The fourth-order valence-electron chi connectivity index (χ4n) is 1.33. The molecule has 0 saturated carbocycles. The molecule has 16 heavy (non-hydrogen) atoms. The van der Waals surface area contributed by atoms with Crippen LogP contribution in [0.5, 0.6) is 0 Å². The Bertz CT molecular complexity index is 402. The van der Waals surface area contributed by atoms with Gasteiger partial charge in [-0.15, -0.1) is 0 Å². The molecule has 88 valence electrons. The summed E-state index contributed by atoms with van der Waals surface area (Å²) >= 11 is 3.34. The molecular formula is C12H17BrN2O. The Morgan fingerprint density at radius 1 is 1.50 bits per heavy atom. The number of nitrogens with two attached hydrogens (primary N) is 1. The Morgan fingerprint density at radius 2 is 2.12 bits per heavy atom. The molecule has 0 unspecified atom stereocenters. The van der Waals surface area contributed by atoms with Crippen molar-refractivity contribution in [2.75, 3.05) is 12.3 Å². The second-order valence-corrected chi connectivity index (χ2v) is 5.19. The first-order chi connectivity index (χ1) is 7.41. The standard InChI is InChI=1S/C12H17BrN2O/c1-7(2)6-15-12(16)10-4-9(13)5-11(14)8(10)3/h4-5,7H,6,14H2,1-3H3,(H,15,16). The van der Waals surface area contributed by atoms with Gasteiger partial charge in [-0.25, -0.2) is 0 Å². The lowest BCUT2D eigenvalue weighted by molar-refractivity contribution is 0.0948. The van der Waals surface area contributed by atoms with Gasteiger partial charge in [0.15, 0.2) is 0 Å². The van der Waals surface area contributed by atoms with E-state index in [1.54, 1.807) is 12.1 Å². The van der Waals surface area contributed by atoms with Crippen LogP contribution >= 0.6 is 15.9 Å². The molecule has 0 radical (unpaired) electrons. The summed E-state index contributed by atoms with van der Waals surface area (Å²) in [7, 11) is 0. The largest absolute Gasteiger partial charge is 0.398 e. The van der Waals surface area contributed by atoms with E-state index in [0.717, 1.165) is 10.0 Å². The van der Waals surface area contributed by atoms with Crippen LogP contribution in [0, 0.1) is 12.8 Å². The van der Waals surface area contributed by atoms with Gasteiger partial charge in [-0.2, -0.15) is 0 Å². The smallest absolute Gasteiger partial charge is 0.251 e. The maximum atomic E-state index is 11.9. The molecule has 0 saturated heterocycles. The zero-order valence-electron chi connectivity index (χ0n) is 9.80. The van der Waals surface area contributed by atoms with Gasteiger partial charge in [0.2, 0.25) is 0 Å². The summed E-state index contributed by atoms with van der Waals surface area (Å²) < 4.78 is 0.824. The number of carbonyl (C=O) groups is 1. The van der Waals surface area contributed by atoms with Crippen LogP contribution in [0.15, 0.2) is 16.6 Å².